The van der Waals surface area contributed by atoms with E-state index in [1.54, 1.807) is 0 Å². The minimum atomic E-state index is 0.226. The van der Waals surface area contributed by atoms with Crippen LogP contribution >= 0.6 is 0 Å². The summed E-state index contributed by atoms with van der Waals surface area (Å²) in [7, 11) is 0. The van der Waals surface area contributed by atoms with Gasteiger partial charge in [-0.25, -0.2) is 0 Å². The number of rotatable bonds is 3. The Morgan fingerprint density at radius 3 is 2.82 bits per heavy atom. The van der Waals surface area contributed by atoms with Crippen molar-refractivity contribution in [2.45, 2.75) is 12.5 Å². The van der Waals surface area contributed by atoms with Crippen LogP contribution in [0.3, 0.4) is 0 Å². The van der Waals surface area contributed by atoms with Gasteiger partial charge in [0.15, 0.2) is 0 Å². The molecule has 0 saturated carbocycles. The van der Waals surface area contributed by atoms with E-state index in [9.17, 15) is 0 Å². The molecule has 4 heteroatoms. The topological polar surface area (TPSA) is 62.3 Å². The highest BCUT2D eigenvalue weighted by Crippen LogP contribution is 2.19. The molecular weight excluding hydrogens is 214 g/mol. The monoisotopic (exact) mass is 231 g/mol. The molecule has 0 amide bonds. The number of nitriles is 1. The SMILES string of the molecule is N#Cc1ccc(N2CCOC(CCN)C2)cc1. The molecular formula is C13H17N3O. The van der Waals surface area contributed by atoms with Gasteiger partial charge >= 0.3 is 0 Å². The Balaban J connectivity index is 2.03. The quantitative estimate of drug-likeness (QED) is 0.846. The summed E-state index contributed by atoms with van der Waals surface area (Å²) in [6.45, 7) is 3.17. The zero-order valence-corrected chi connectivity index (χ0v) is 9.80. The molecule has 1 unspecified atom stereocenters. The Morgan fingerprint density at radius 1 is 1.41 bits per heavy atom. The van der Waals surface area contributed by atoms with Crippen LogP contribution < -0.4 is 10.6 Å². The zero-order chi connectivity index (χ0) is 12.1. The summed E-state index contributed by atoms with van der Waals surface area (Å²) < 4.78 is 5.64. The lowest BCUT2D eigenvalue weighted by molar-refractivity contribution is 0.0369. The van der Waals surface area contributed by atoms with Crippen molar-refractivity contribution in [3.05, 3.63) is 29.8 Å². The summed E-state index contributed by atoms with van der Waals surface area (Å²) in [5, 5.41) is 8.75. The van der Waals surface area contributed by atoms with Gasteiger partial charge in [-0.3, -0.25) is 0 Å². The van der Waals surface area contributed by atoms with Crippen molar-refractivity contribution in [2.75, 3.05) is 31.1 Å². The average Bonchev–Trinajstić information content (AvgIpc) is 2.40. The van der Waals surface area contributed by atoms with Crippen LogP contribution in [-0.4, -0.2) is 32.3 Å². The average molecular weight is 231 g/mol. The first-order chi connectivity index (χ1) is 8.33. The summed E-state index contributed by atoms with van der Waals surface area (Å²) in [6, 6.07) is 9.81. The lowest BCUT2D eigenvalue weighted by Crippen LogP contribution is -2.43. The maximum atomic E-state index is 8.75. The van der Waals surface area contributed by atoms with Crippen LogP contribution in [0.2, 0.25) is 0 Å². The van der Waals surface area contributed by atoms with E-state index in [-0.39, 0.29) is 6.10 Å². The molecule has 4 nitrogen and oxygen atoms in total. The van der Waals surface area contributed by atoms with Gasteiger partial charge in [0.2, 0.25) is 0 Å². The summed E-state index contributed by atoms with van der Waals surface area (Å²) in [4.78, 5) is 2.28. The molecule has 0 aromatic heterocycles. The number of ether oxygens (including phenoxy) is 1. The minimum absolute atomic E-state index is 0.226. The fraction of sp³-hybridized carbons (Fsp3) is 0.462. The second kappa shape index (κ2) is 5.67. The van der Waals surface area contributed by atoms with Crippen molar-refractivity contribution >= 4 is 5.69 Å². The van der Waals surface area contributed by atoms with E-state index >= 15 is 0 Å². The fourth-order valence-electron chi connectivity index (χ4n) is 2.06. The number of hydrogen-bond donors (Lipinski definition) is 1. The summed E-state index contributed by atoms with van der Waals surface area (Å²) >= 11 is 0. The van der Waals surface area contributed by atoms with Crippen LogP contribution in [0.25, 0.3) is 0 Å². The van der Waals surface area contributed by atoms with Crippen LogP contribution in [0.1, 0.15) is 12.0 Å². The number of morpholine rings is 1. The largest absolute Gasteiger partial charge is 0.374 e. The van der Waals surface area contributed by atoms with Gasteiger partial charge in [-0.15, -0.1) is 0 Å². The van der Waals surface area contributed by atoms with Crippen LogP contribution in [0.15, 0.2) is 24.3 Å². The van der Waals surface area contributed by atoms with E-state index in [2.05, 4.69) is 11.0 Å². The molecule has 1 atom stereocenters. The minimum Gasteiger partial charge on any atom is -0.374 e. The Hall–Kier alpha value is -1.57. The molecule has 1 aromatic carbocycles. The van der Waals surface area contributed by atoms with Crippen molar-refractivity contribution in [1.29, 1.82) is 5.26 Å². The third kappa shape index (κ3) is 2.96. The van der Waals surface area contributed by atoms with Gasteiger partial charge in [-0.2, -0.15) is 5.26 Å². The van der Waals surface area contributed by atoms with Crippen LogP contribution in [-0.2, 0) is 4.74 Å². The normalized spacial score (nSPS) is 20.0. The molecule has 0 radical (unpaired) electrons. The second-order valence-electron chi connectivity index (χ2n) is 4.17. The summed E-state index contributed by atoms with van der Waals surface area (Å²) in [5.74, 6) is 0. The number of benzene rings is 1. The van der Waals surface area contributed by atoms with Gasteiger partial charge < -0.3 is 15.4 Å². The standard InChI is InChI=1S/C13H17N3O/c14-6-5-13-10-16(7-8-17-13)12-3-1-11(9-15)2-4-12/h1-4,13H,5-8,10,14H2. The molecule has 0 spiro atoms. The van der Waals surface area contributed by atoms with E-state index in [4.69, 9.17) is 15.7 Å². The molecule has 1 aliphatic rings. The molecule has 2 N–H and O–H groups in total. The van der Waals surface area contributed by atoms with Gasteiger partial charge in [0, 0.05) is 18.8 Å². The maximum Gasteiger partial charge on any atom is 0.0991 e. The molecule has 1 aliphatic heterocycles. The lowest BCUT2D eigenvalue weighted by Gasteiger charge is -2.34. The van der Waals surface area contributed by atoms with Crippen molar-refractivity contribution in [3.8, 4) is 6.07 Å². The predicted octanol–water partition coefficient (Wildman–Crippen LogP) is 1.11. The van der Waals surface area contributed by atoms with Crippen LogP contribution in [0.5, 0.6) is 0 Å². The van der Waals surface area contributed by atoms with E-state index in [0.29, 0.717) is 12.1 Å². The van der Waals surface area contributed by atoms with E-state index < -0.39 is 0 Å². The number of nitrogens with two attached hydrogens (primary N) is 1. The fourth-order valence-corrected chi connectivity index (χ4v) is 2.06. The molecule has 17 heavy (non-hydrogen) atoms. The molecule has 2 rings (SSSR count). The molecule has 1 heterocycles. The van der Waals surface area contributed by atoms with E-state index in [1.165, 1.54) is 0 Å². The Labute approximate surface area is 102 Å². The van der Waals surface area contributed by atoms with Gasteiger partial charge in [-0.05, 0) is 37.2 Å². The molecule has 1 saturated heterocycles. The molecule has 0 aliphatic carbocycles. The lowest BCUT2D eigenvalue weighted by atomic mass is 10.1. The third-order valence-electron chi connectivity index (χ3n) is 2.99. The van der Waals surface area contributed by atoms with Crippen molar-refractivity contribution < 1.29 is 4.74 Å². The first-order valence-corrected chi connectivity index (χ1v) is 5.90. The first-order valence-electron chi connectivity index (χ1n) is 5.90. The van der Waals surface area contributed by atoms with E-state index in [1.807, 2.05) is 24.3 Å². The molecule has 1 aromatic rings. The summed E-state index contributed by atoms with van der Waals surface area (Å²) in [6.07, 6.45) is 1.12. The van der Waals surface area contributed by atoms with Crippen molar-refractivity contribution in [2.24, 2.45) is 5.73 Å². The van der Waals surface area contributed by atoms with Crippen LogP contribution in [0, 0.1) is 11.3 Å². The highest BCUT2D eigenvalue weighted by Gasteiger charge is 2.19. The number of anilines is 1. The predicted molar refractivity (Wildman–Crippen MR) is 66.8 cm³/mol. The first kappa shape index (κ1) is 11.9. The van der Waals surface area contributed by atoms with Gasteiger partial charge in [-0.1, -0.05) is 0 Å². The second-order valence-corrected chi connectivity index (χ2v) is 4.17. The van der Waals surface area contributed by atoms with Gasteiger partial charge in [0.25, 0.3) is 0 Å². The maximum absolute atomic E-state index is 8.75. The van der Waals surface area contributed by atoms with Crippen LogP contribution in [0.4, 0.5) is 5.69 Å². The van der Waals surface area contributed by atoms with Crippen molar-refractivity contribution in [1.82, 2.24) is 0 Å². The third-order valence-corrected chi connectivity index (χ3v) is 2.99. The number of nitrogens with zero attached hydrogens (tertiary/aromatic N) is 2. The molecule has 90 valence electrons. The zero-order valence-electron chi connectivity index (χ0n) is 9.80. The summed E-state index contributed by atoms with van der Waals surface area (Å²) in [5.41, 5.74) is 7.39. The van der Waals surface area contributed by atoms with E-state index in [0.717, 1.165) is 31.8 Å². The number of hydrogen-bond acceptors (Lipinski definition) is 4. The van der Waals surface area contributed by atoms with Gasteiger partial charge in [0.05, 0.1) is 24.3 Å². The highest BCUT2D eigenvalue weighted by molar-refractivity contribution is 5.50. The Morgan fingerprint density at radius 2 is 2.18 bits per heavy atom. The van der Waals surface area contributed by atoms with Crippen molar-refractivity contribution in [3.63, 3.8) is 0 Å². The molecule has 0 bridgehead atoms. The molecule has 1 fully saturated rings. The van der Waals surface area contributed by atoms with Gasteiger partial charge in [0.1, 0.15) is 0 Å². The Kier molecular flexibility index (Phi) is 3.97. The smallest absolute Gasteiger partial charge is 0.0991 e. The Bertz CT molecular complexity index is 394. The highest BCUT2D eigenvalue weighted by atomic mass is 16.5.